The van der Waals surface area contributed by atoms with Crippen molar-refractivity contribution in [1.82, 2.24) is 19.4 Å². The van der Waals surface area contributed by atoms with Gasteiger partial charge in [-0.15, -0.1) is 0 Å². The summed E-state index contributed by atoms with van der Waals surface area (Å²) in [5, 5.41) is 3.25. The Hall–Kier alpha value is -4.75. The molecule has 5 rings (SSSR count). The second-order valence-corrected chi connectivity index (χ2v) is 11.0. The standard InChI is InChI=1S/C28H31FN6O7/c1-28(2,3)42-26(38)34(12-10-18-19(29)7-5-16-6-8-22(37)33(4)23(16)18)11-9-17-14-35(27(39)41-17)20-13-30-25-24(31-20)32-21(36)15-40-25/h5-8,13,17H,9-12,14-15H2,1-4H3,(H,31,32,36). The van der Waals surface area contributed by atoms with Crippen molar-refractivity contribution in [2.24, 2.45) is 7.05 Å². The molecule has 0 spiro atoms. The van der Waals surface area contributed by atoms with Crippen LogP contribution in [0, 0.1) is 5.82 Å². The van der Waals surface area contributed by atoms with E-state index >= 15 is 4.39 Å². The van der Waals surface area contributed by atoms with Gasteiger partial charge in [0.15, 0.2) is 18.2 Å². The topological polar surface area (TPSA) is 145 Å². The first kappa shape index (κ1) is 28.8. The second-order valence-electron chi connectivity index (χ2n) is 11.0. The number of halogens is 1. The molecule has 1 saturated heterocycles. The lowest BCUT2D eigenvalue weighted by atomic mass is 10.1. The zero-order valence-corrected chi connectivity index (χ0v) is 23.7. The van der Waals surface area contributed by atoms with Gasteiger partial charge in [0, 0.05) is 38.2 Å². The highest BCUT2D eigenvalue weighted by atomic mass is 19.1. The van der Waals surface area contributed by atoms with Crippen LogP contribution in [0.25, 0.3) is 10.9 Å². The normalized spacial score (nSPS) is 16.5. The molecule has 2 aromatic heterocycles. The molecule has 4 heterocycles. The molecule has 222 valence electrons. The molecule has 0 bridgehead atoms. The maximum Gasteiger partial charge on any atom is 0.415 e. The minimum absolute atomic E-state index is 0.0917. The number of benzene rings is 1. The molecule has 1 unspecified atom stereocenters. The molecule has 0 radical (unpaired) electrons. The van der Waals surface area contributed by atoms with E-state index < -0.39 is 29.7 Å². The molecule has 3 amide bonds. The zero-order valence-electron chi connectivity index (χ0n) is 23.7. The molecule has 1 atom stereocenters. The number of aryl methyl sites for hydroxylation is 1. The monoisotopic (exact) mass is 582 g/mol. The molecule has 2 aliphatic rings. The largest absolute Gasteiger partial charge is 0.465 e. The minimum Gasteiger partial charge on any atom is -0.465 e. The quantitative estimate of drug-likeness (QED) is 0.444. The average molecular weight is 583 g/mol. The molecule has 0 saturated carbocycles. The van der Waals surface area contributed by atoms with Gasteiger partial charge in [0.25, 0.3) is 17.3 Å². The summed E-state index contributed by atoms with van der Waals surface area (Å²) in [7, 11) is 1.58. The number of rotatable bonds is 7. The van der Waals surface area contributed by atoms with E-state index in [2.05, 4.69) is 15.3 Å². The Labute approximate surface area is 240 Å². The number of ether oxygens (including phenoxy) is 3. The molecule has 1 aromatic carbocycles. The summed E-state index contributed by atoms with van der Waals surface area (Å²) in [5.41, 5.74) is -0.281. The van der Waals surface area contributed by atoms with Gasteiger partial charge in [-0.05, 0) is 50.8 Å². The summed E-state index contributed by atoms with van der Waals surface area (Å²) in [5.74, 6) is -0.440. The highest BCUT2D eigenvalue weighted by Crippen LogP contribution is 2.28. The lowest BCUT2D eigenvalue weighted by Gasteiger charge is -2.28. The number of anilines is 2. The van der Waals surface area contributed by atoms with Crippen LogP contribution in [0.4, 0.5) is 25.6 Å². The van der Waals surface area contributed by atoms with Gasteiger partial charge in [0.05, 0.1) is 18.3 Å². The summed E-state index contributed by atoms with van der Waals surface area (Å²) >= 11 is 0. The van der Waals surface area contributed by atoms with Crippen LogP contribution >= 0.6 is 0 Å². The summed E-state index contributed by atoms with van der Waals surface area (Å²) in [4.78, 5) is 60.8. The van der Waals surface area contributed by atoms with E-state index in [1.54, 1.807) is 40.0 Å². The van der Waals surface area contributed by atoms with E-state index in [4.69, 9.17) is 14.2 Å². The van der Waals surface area contributed by atoms with E-state index in [0.717, 1.165) is 0 Å². The van der Waals surface area contributed by atoms with Crippen molar-refractivity contribution in [3.8, 4) is 5.88 Å². The summed E-state index contributed by atoms with van der Waals surface area (Å²) < 4.78 is 32.7. The van der Waals surface area contributed by atoms with Crippen molar-refractivity contribution in [1.29, 1.82) is 0 Å². The predicted molar refractivity (Wildman–Crippen MR) is 149 cm³/mol. The maximum absolute atomic E-state index is 15.0. The molecule has 14 heteroatoms. The first-order chi connectivity index (χ1) is 19.9. The first-order valence-corrected chi connectivity index (χ1v) is 13.4. The van der Waals surface area contributed by atoms with E-state index in [1.807, 2.05) is 0 Å². The third kappa shape index (κ3) is 6.11. The molecular formula is C28H31FN6O7. The molecular weight excluding hydrogens is 551 g/mol. The van der Waals surface area contributed by atoms with Gasteiger partial charge >= 0.3 is 12.2 Å². The van der Waals surface area contributed by atoms with E-state index in [9.17, 15) is 19.2 Å². The molecule has 42 heavy (non-hydrogen) atoms. The van der Waals surface area contributed by atoms with Crippen molar-refractivity contribution in [3.05, 3.63) is 52.2 Å². The fourth-order valence-electron chi connectivity index (χ4n) is 4.80. The molecule has 0 aliphatic carbocycles. The van der Waals surface area contributed by atoms with Gasteiger partial charge in [-0.2, -0.15) is 0 Å². The molecule has 1 fully saturated rings. The van der Waals surface area contributed by atoms with Gasteiger partial charge in [0.2, 0.25) is 0 Å². The second kappa shape index (κ2) is 11.3. The highest BCUT2D eigenvalue weighted by Gasteiger charge is 2.35. The zero-order chi connectivity index (χ0) is 30.2. The Morgan fingerprint density at radius 3 is 2.71 bits per heavy atom. The van der Waals surface area contributed by atoms with Crippen molar-refractivity contribution in [2.75, 3.05) is 36.5 Å². The number of nitrogens with one attached hydrogen (secondary N) is 1. The van der Waals surface area contributed by atoms with Gasteiger partial charge < -0.3 is 29.0 Å². The van der Waals surface area contributed by atoms with Crippen LogP contribution in [0.3, 0.4) is 0 Å². The molecule has 2 aliphatic heterocycles. The number of cyclic esters (lactones) is 1. The third-order valence-electron chi connectivity index (χ3n) is 6.81. The Balaban J connectivity index is 1.30. The summed E-state index contributed by atoms with van der Waals surface area (Å²) in [6.07, 6.45) is -0.125. The highest BCUT2D eigenvalue weighted by molar-refractivity contribution is 5.94. The average Bonchev–Trinajstić information content (AvgIpc) is 3.30. The smallest absolute Gasteiger partial charge is 0.415 e. The predicted octanol–water partition coefficient (Wildman–Crippen LogP) is 2.99. The Morgan fingerprint density at radius 1 is 1.19 bits per heavy atom. The Bertz CT molecular complexity index is 1620. The van der Waals surface area contributed by atoms with E-state index in [0.29, 0.717) is 16.5 Å². The fraction of sp³-hybridized carbons (Fsp3) is 0.429. The number of pyridine rings is 1. The van der Waals surface area contributed by atoms with Gasteiger partial charge in [0.1, 0.15) is 17.5 Å². The lowest BCUT2D eigenvalue weighted by Crippen LogP contribution is -2.40. The van der Waals surface area contributed by atoms with Crippen LogP contribution in [0.1, 0.15) is 32.8 Å². The number of fused-ring (bicyclic) bond motifs is 2. The molecule has 3 aromatic rings. The number of carbonyl (C=O) groups excluding carboxylic acids is 3. The van der Waals surface area contributed by atoms with Gasteiger partial charge in [-0.3, -0.25) is 14.5 Å². The van der Waals surface area contributed by atoms with E-state index in [-0.39, 0.29) is 68.1 Å². The fourth-order valence-corrected chi connectivity index (χ4v) is 4.80. The number of aromatic nitrogens is 3. The van der Waals surface area contributed by atoms with Crippen molar-refractivity contribution in [2.45, 2.75) is 45.3 Å². The van der Waals surface area contributed by atoms with Gasteiger partial charge in [-0.25, -0.2) is 23.9 Å². The number of hydrogen-bond donors (Lipinski definition) is 1. The molecule has 1 N–H and O–H groups in total. The molecule has 13 nitrogen and oxygen atoms in total. The van der Waals surface area contributed by atoms with Crippen molar-refractivity contribution in [3.63, 3.8) is 0 Å². The van der Waals surface area contributed by atoms with Crippen molar-refractivity contribution >= 4 is 40.6 Å². The van der Waals surface area contributed by atoms with Crippen LogP contribution < -0.4 is 20.5 Å². The van der Waals surface area contributed by atoms with Gasteiger partial charge in [-0.1, -0.05) is 0 Å². The van der Waals surface area contributed by atoms with Crippen molar-refractivity contribution < 1.29 is 33.0 Å². The Kier molecular flexibility index (Phi) is 7.71. The summed E-state index contributed by atoms with van der Waals surface area (Å²) in [6.45, 7) is 5.42. The first-order valence-electron chi connectivity index (χ1n) is 13.4. The SMILES string of the molecule is Cn1c(=O)ccc2ccc(F)c(CCN(CCC3CN(c4cnc5c(n4)NC(=O)CO5)C(=O)O3)C(=O)OC(C)(C)C)c21. The number of hydrogen-bond acceptors (Lipinski definition) is 9. The maximum atomic E-state index is 15.0. The van der Waals surface area contributed by atoms with Crippen LogP contribution in [0.2, 0.25) is 0 Å². The van der Waals surface area contributed by atoms with Crippen LogP contribution in [-0.2, 0) is 27.7 Å². The van der Waals surface area contributed by atoms with Crippen LogP contribution in [0.5, 0.6) is 5.88 Å². The third-order valence-corrected chi connectivity index (χ3v) is 6.81. The lowest BCUT2D eigenvalue weighted by molar-refractivity contribution is -0.118. The number of nitrogens with zero attached hydrogens (tertiary/aromatic N) is 5. The minimum atomic E-state index is -0.773. The van der Waals surface area contributed by atoms with E-state index in [1.165, 1.54) is 32.7 Å². The van der Waals surface area contributed by atoms with Crippen LogP contribution in [-0.4, -0.2) is 75.5 Å². The Morgan fingerprint density at radius 2 is 1.95 bits per heavy atom. The number of carbonyl (C=O) groups is 3. The number of amides is 3. The summed E-state index contributed by atoms with van der Waals surface area (Å²) in [6, 6.07) is 6.00. The van der Waals surface area contributed by atoms with Crippen LogP contribution in [0.15, 0.2) is 35.3 Å².